The molecule has 2 N–H and O–H groups in total. The molecular weight excluding hydrogens is 162 g/mol. The summed E-state index contributed by atoms with van der Waals surface area (Å²) in [6.07, 6.45) is 1.28. The van der Waals surface area contributed by atoms with Crippen LogP contribution in [0.4, 0.5) is 0 Å². The molecule has 0 radical (unpaired) electrons. The summed E-state index contributed by atoms with van der Waals surface area (Å²) in [5.41, 5.74) is 5.91. The number of hydrogen-bond donors (Lipinski definition) is 1. The van der Waals surface area contributed by atoms with E-state index in [1.165, 1.54) is 19.5 Å². The number of likely N-dealkylation sites (tertiary alicyclic amines) is 1. The summed E-state index contributed by atoms with van der Waals surface area (Å²) in [6.45, 7) is 7.56. The summed E-state index contributed by atoms with van der Waals surface area (Å²) in [5.74, 6) is 0. The lowest BCUT2D eigenvalue weighted by Gasteiger charge is -2.30. The first-order valence-corrected chi connectivity index (χ1v) is 5.06. The molecule has 78 valence electrons. The SMILES string of the molecule is CN1CCC(N(C)CC(C)(C)N)C1. The van der Waals surface area contributed by atoms with E-state index in [4.69, 9.17) is 5.73 Å². The summed E-state index contributed by atoms with van der Waals surface area (Å²) in [6, 6.07) is 0.702. The van der Waals surface area contributed by atoms with Gasteiger partial charge in [-0.2, -0.15) is 0 Å². The Bertz CT molecular complexity index is 162. The summed E-state index contributed by atoms with van der Waals surface area (Å²) >= 11 is 0. The van der Waals surface area contributed by atoms with Crippen molar-refractivity contribution >= 4 is 0 Å². The van der Waals surface area contributed by atoms with Gasteiger partial charge in [0, 0.05) is 24.7 Å². The molecule has 0 aromatic heterocycles. The van der Waals surface area contributed by atoms with Gasteiger partial charge in [-0.25, -0.2) is 0 Å². The van der Waals surface area contributed by atoms with Crippen LogP contribution in [-0.2, 0) is 0 Å². The molecule has 1 unspecified atom stereocenters. The van der Waals surface area contributed by atoms with Crippen LogP contribution in [-0.4, -0.2) is 55.1 Å². The van der Waals surface area contributed by atoms with Crippen molar-refractivity contribution in [2.45, 2.75) is 31.8 Å². The molecule has 0 aliphatic carbocycles. The van der Waals surface area contributed by atoms with Crippen LogP contribution in [0, 0.1) is 0 Å². The maximum atomic E-state index is 5.98. The molecule has 0 spiro atoms. The van der Waals surface area contributed by atoms with Gasteiger partial charge in [-0.3, -0.25) is 0 Å². The Hall–Kier alpha value is -0.120. The maximum absolute atomic E-state index is 5.98. The monoisotopic (exact) mass is 185 g/mol. The average molecular weight is 185 g/mol. The van der Waals surface area contributed by atoms with E-state index in [1.54, 1.807) is 0 Å². The fourth-order valence-electron chi connectivity index (χ4n) is 2.04. The molecule has 3 heteroatoms. The third-order valence-electron chi connectivity index (χ3n) is 2.65. The summed E-state index contributed by atoms with van der Waals surface area (Å²) in [7, 11) is 4.36. The molecule has 1 fully saturated rings. The standard InChI is InChI=1S/C10H23N3/c1-10(2,11)8-13(4)9-5-6-12(3)7-9/h9H,5-8,11H2,1-4H3. The Balaban J connectivity index is 2.36. The number of nitrogens with zero attached hydrogens (tertiary/aromatic N) is 2. The van der Waals surface area contributed by atoms with E-state index in [-0.39, 0.29) is 5.54 Å². The van der Waals surface area contributed by atoms with Crippen LogP contribution in [0.2, 0.25) is 0 Å². The van der Waals surface area contributed by atoms with E-state index in [0.717, 1.165) is 6.54 Å². The van der Waals surface area contributed by atoms with Gasteiger partial charge in [-0.15, -0.1) is 0 Å². The second-order valence-corrected chi connectivity index (χ2v) is 5.11. The first kappa shape index (κ1) is 11.0. The topological polar surface area (TPSA) is 32.5 Å². The fraction of sp³-hybridized carbons (Fsp3) is 1.00. The van der Waals surface area contributed by atoms with Crippen LogP contribution in [0.25, 0.3) is 0 Å². The molecule has 1 aliphatic heterocycles. The van der Waals surface area contributed by atoms with Gasteiger partial charge in [-0.05, 0) is 40.9 Å². The maximum Gasteiger partial charge on any atom is 0.0232 e. The van der Waals surface area contributed by atoms with Gasteiger partial charge in [0.15, 0.2) is 0 Å². The van der Waals surface area contributed by atoms with Gasteiger partial charge in [0.05, 0.1) is 0 Å². The molecular formula is C10H23N3. The molecule has 0 amide bonds. The molecule has 1 atom stereocenters. The summed E-state index contributed by atoms with van der Waals surface area (Å²) in [5, 5.41) is 0. The summed E-state index contributed by atoms with van der Waals surface area (Å²) in [4.78, 5) is 4.77. The van der Waals surface area contributed by atoms with Crippen molar-refractivity contribution in [3.63, 3.8) is 0 Å². The Labute approximate surface area is 81.9 Å². The van der Waals surface area contributed by atoms with Gasteiger partial charge < -0.3 is 15.5 Å². The second kappa shape index (κ2) is 3.95. The Morgan fingerprint density at radius 2 is 2.15 bits per heavy atom. The predicted octanol–water partition coefficient (Wildman–Crippen LogP) is 0.360. The molecule has 13 heavy (non-hydrogen) atoms. The minimum Gasteiger partial charge on any atom is -0.324 e. The lowest BCUT2D eigenvalue weighted by atomic mass is 10.1. The molecule has 0 aromatic carbocycles. The second-order valence-electron chi connectivity index (χ2n) is 5.11. The van der Waals surface area contributed by atoms with Crippen molar-refractivity contribution in [2.24, 2.45) is 5.73 Å². The first-order valence-electron chi connectivity index (χ1n) is 5.06. The zero-order valence-electron chi connectivity index (χ0n) is 9.38. The molecule has 1 heterocycles. The molecule has 1 aliphatic rings. The van der Waals surface area contributed by atoms with Crippen molar-refractivity contribution in [1.82, 2.24) is 9.80 Å². The molecule has 1 rings (SSSR count). The predicted molar refractivity (Wildman–Crippen MR) is 56.8 cm³/mol. The van der Waals surface area contributed by atoms with Crippen LogP contribution in [0.1, 0.15) is 20.3 Å². The number of rotatable bonds is 3. The highest BCUT2D eigenvalue weighted by atomic mass is 15.2. The van der Waals surface area contributed by atoms with Crippen LogP contribution in [0.3, 0.4) is 0 Å². The minimum absolute atomic E-state index is 0.0735. The Kier molecular flexibility index (Phi) is 3.33. The summed E-state index contributed by atoms with van der Waals surface area (Å²) < 4.78 is 0. The van der Waals surface area contributed by atoms with E-state index < -0.39 is 0 Å². The highest BCUT2D eigenvalue weighted by Crippen LogP contribution is 2.14. The number of hydrogen-bond acceptors (Lipinski definition) is 3. The Morgan fingerprint density at radius 1 is 1.54 bits per heavy atom. The molecule has 1 saturated heterocycles. The van der Waals surface area contributed by atoms with Crippen LogP contribution in [0.15, 0.2) is 0 Å². The van der Waals surface area contributed by atoms with Crippen molar-refractivity contribution < 1.29 is 0 Å². The molecule has 3 nitrogen and oxygen atoms in total. The third kappa shape index (κ3) is 3.63. The zero-order chi connectivity index (χ0) is 10.1. The highest BCUT2D eigenvalue weighted by molar-refractivity contribution is 4.84. The van der Waals surface area contributed by atoms with E-state index in [9.17, 15) is 0 Å². The molecule has 0 saturated carbocycles. The van der Waals surface area contributed by atoms with Crippen LogP contribution in [0.5, 0.6) is 0 Å². The van der Waals surface area contributed by atoms with E-state index in [0.29, 0.717) is 6.04 Å². The van der Waals surface area contributed by atoms with Crippen molar-refractivity contribution in [3.8, 4) is 0 Å². The van der Waals surface area contributed by atoms with Gasteiger partial charge in [-0.1, -0.05) is 0 Å². The van der Waals surface area contributed by atoms with Gasteiger partial charge in [0.2, 0.25) is 0 Å². The van der Waals surface area contributed by atoms with E-state index >= 15 is 0 Å². The lowest BCUT2D eigenvalue weighted by Crippen LogP contribution is -2.48. The van der Waals surface area contributed by atoms with Crippen molar-refractivity contribution in [1.29, 1.82) is 0 Å². The number of nitrogens with two attached hydrogens (primary N) is 1. The van der Waals surface area contributed by atoms with Gasteiger partial charge in [0.1, 0.15) is 0 Å². The minimum atomic E-state index is -0.0735. The van der Waals surface area contributed by atoms with Crippen LogP contribution >= 0.6 is 0 Å². The van der Waals surface area contributed by atoms with E-state index in [2.05, 4.69) is 37.7 Å². The zero-order valence-corrected chi connectivity index (χ0v) is 9.38. The lowest BCUT2D eigenvalue weighted by molar-refractivity contribution is 0.203. The van der Waals surface area contributed by atoms with Crippen molar-refractivity contribution in [3.05, 3.63) is 0 Å². The normalized spacial score (nSPS) is 25.8. The third-order valence-corrected chi connectivity index (χ3v) is 2.65. The average Bonchev–Trinajstić information content (AvgIpc) is 2.31. The van der Waals surface area contributed by atoms with Gasteiger partial charge in [0.25, 0.3) is 0 Å². The Morgan fingerprint density at radius 3 is 2.54 bits per heavy atom. The fourth-order valence-corrected chi connectivity index (χ4v) is 2.04. The molecule has 0 bridgehead atoms. The first-order chi connectivity index (χ1) is 5.88. The quantitative estimate of drug-likeness (QED) is 0.689. The van der Waals surface area contributed by atoms with E-state index in [1.807, 2.05) is 0 Å². The van der Waals surface area contributed by atoms with Gasteiger partial charge >= 0.3 is 0 Å². The molecule has 0 aromatic rings. The smallest absolute Gasteiger partial charge is 0.0232 e. The van der Waals surface area contributed by atoms with Crippen molar-refractivity contribution in [2.75, 3.05) is 33.7 Å². The van der Waals surface area contributed by atoms with Crippen LogP contribution < -0.4 is 5.73 Å². The highest BCUT2D eigenvalue weighted by Gasteiger charge is 2.25. The number of likely N-dealkylation sites (N-methyl/N-ethyl adjacent to an activating group) is 2. The largest absolute Gasteiger partial charge is 0.324 e.